The monoisotopic (exact) mass is 578 g/mol. The van der Waals surface area contributed by atoms with Crippen LogP contribution in [-0.2, 0) is 13.1 Å². The molecule has 0 aliphatic carbocycles. The van der Waals surface area contributed by atoms with Crippen molar-refractivity contribution < 1.29 is 9.59 Å². The minimum Gasteiger partial charge on any atom is -0.348 e. The van der Waals surface area contributed by atoms with Gasteiger partial charge in [0.15, 0.2) is 4.34 Å². The molecular weight excluding hydrogens is 553 g/mol. The molecule has 2 heterocycles. The SMILES string of the molecule is CNCc1cc(C)nc(Sc2nc3ccc(NC(=O)c4ccccc4C(=O)NCc4ccccc4)cc3s2)c1C#N. The van der Waals surface area contributed by atoms with Crippen LogP contribution in [0, 0.1) is 18.3 Å². The molecule has 3 N–H and O–H groups in total. The number of aromatic nitrogens is 2. The Kier molecular flexibility index (Phi) is 8.70. The number of hydrogen-bond donors (Lipinski definition) is 3. The van der Waals surface area contributed by atoms with E-state index in [1.807, 2.05) is 62.5 Å². The van der Waals surface area contributed by atoms with E-state index in [0.29, 0.717) is 34.9 Å². The van der Waals surface area contributed by atoms with Gasteiger partial charge in [-0.2, -0.15) is 5.26 Å². The molecule has 0 aliphatic heterocycles. The maximum atomic E-state index is 13.2. The van der Waals surface area contributed by atoms with Crippen LogP contribution in [0.4, 0.5) is 5.69 Å². The summed E-state index contributed by atoms with van der Waals surface area (Å²) in [5.41, 5.74) is 5.18. The molecule has 41 heavy (non-hydrogen) atoms. The fourth-order valence-electron chi connectivity index (χ4n) is 4.29. The first-order valence-corrected chi connectivity index (χ1v) is 14.4. The van der Waals surface area contributed by atoms with Crippen molar-refractivity contribution in [2.75, 3.05) is 12.4 Å². The quantitative estimate of drug-likeness (QED) is 0.198. The minimum atomic E-state index is -0.381. The van der Waals surface area contributed by atoms with Gasteiger partial charge in [0.05, 0.1) is 26.9 Å². The van der Waals surface area contributed by atoms with Gasteiger partial charge in [0.1, 0.15) is 11.1 Å². The summed E-state index contributed by atoms with van der Waals surface area (Å²) in [6, 6.07) is 26.0. The number of nitriles is 1. The average molecular weight is 579 g/mol. The maximum Gasteiger partial charge on any atom is 0.256 e. The van der Waals surface area contributed by atoms with Crippen LogP contribution in [0.25, 0.3) is 10.2 Å². The zero-order valence-corrected chi connectivity index (χ0v) is 24.0. The Hall–Kier alpha value is -4.56. The van der Waals surface area contributed by atoms with Gasteiger partial charge in [-0.15, -0.1) is 11.3 Å². The second-order valence-electron chi connectivity index (χ2n) is 9.18. The molecule has 8 nitrogen and oxygen atoms in total. The molecule has 5 aromatic rings. The van der Waals surface area contributed by atoms with E-state index in [1.54, 1.807) is 30.3 Å². The highest BCUT2D eigenvalue weighted by molar-refractivity contribution is 8.01. The smallest absolute Gasteiger partial charge is 0.256 e. The number of benzene rings is 3. The van der Waals surface area contributed by atoms with Crippen molar-refractivity contribution in [1.82, 2.24) is 20.6 Å². The van der Waals surface area contributed by atoms with Gasteiger partial charge in [-0.1, -0.05) is 42.5 Å². The van der Waals surface area contributed by atoms with E-state index in [0.717, 1.165) is 31.4 Å². The van der Waals surface area contributed by atoms with Gasteiger partial charge in [0, 0.05) is 24.5 Å². The van der Waals surface area contributed by atoms with Crippen molar-refractivity contribution in [1.29, 1.82) is 5.26 Å². The third kappa shape index (κ3) is 6.61. The van der Waals surface area contributed by atoms with Crippen LogP contribution in [0.1, 0.15) is 43.1 Å². The third-order valence-corrected chi connectivity index (χ3v) is 8.27. The molecule has 0 radical (unpaired) electrons. The standard InChI is InChI=1S/C31H26N6O2S2/c1-19-14-21(18-33-2)25(16-32)30(35-19)41-31-37-26-13-12-22(15-27(26)40-31)36-29(39)24-11-7-6-10-23(24)28(38)34-17-20-8-4-3-5-9-20/h3-15,33H,17-18H2,1-2H3,(H,34,38)(H,36,39). The Bertz CT molecular complexity index is 1780. The summed E-state index contributed by atoms with van der Waals surface area (Å²) in [7, 11) is 1.84. The Morgan fingerprint density at radius 1 is 0.927 bits per heavy atom. The Morgan fingerprint density at radius 2 is 1.66 bits per heavy atom. The zero-order chi connectivity index (χ0) is 28.8. The number of rotatable bonds is 9. The summed E-state index contributed by atoms with van der Waals surface area (Å²) in [5.74, 6) is -0.702. The molecule has 0 fully saturated rings. The van der Waals surface area contributed by atoms with Crippen molar-refractivity contribution in [3.8, 4) is 6.07 Å². The first-order chi connectivity index (χ1) is 19.9. The summed E-state index contributed by atoms with van der Waals surface area (Å²) in [6.45, 7) is 2.84. The number of anilines is 1. The predicted molar refractivity (Wildman–Crippen MR) is 162 cm³/mol. The number of nitrogens with one attached hydrogen (secondary N) is 3. The molecule has 5 rings (SSSR count). The molecule has 0 saturated carbocycles. The van der Waals surface area contributed by atoms with Crippen LogP contribution in [-0.4, -0.2) is 28.8 Å². The Balaban J connectivity index is 1.33. The number of aryl methyl sites for hydroxylation is 1. The van der Waals surface area contributed by atoms with Gasteiger partial charge in [-0.3, -0.25) is 9.59 Å². The van der Waals surface area contributed by atoms with Gasteiger partial charge >= 0.3 is 0 Å². The highest BCUT2D eigenvalue weighted by Gasteiger charge is 2.18. The van der Waals surface area contributed by atoms with Gasteiger partial charge in [-0.25, -0.2) is 9.97 Å². The van der Waals surface area contributed by atoms with Crippen molar-refractivity contribution in [2.45, 2.75) is 29.4 Å². The average Bonchev–Trinajstić information content (AvgIpc) is 3.38. The molecule has 2 amide bonds. The predicted octanol–water partition coefficient (Wildman–Crippen LogP) is 5.92. The molecule has 0 saturated heterocycles. The molecule has 204 valence electrons. The number of fused-ring (bicyclic) bond motifs is 1. The number of hydrogen-bond acceptors (Lipinski definition) is 8. The zero-order valence-electron chi connectivity index (χ0n) is 22.4. The highest BCUT2D eigenvalue weighted by Crippen LogP contribution is 2.37. The lowest BCUT2D eigenvalue weighted by Gasteiger charge is -2.11. The largest absolute Gasteiger partial charge is 0.348 e. The Labute approximate surface area is 245 Å². The lowest BCUT2D eigenvalue weighted by atomic mass is 10.1. The van der Waals surface area contributed by atoms with Gasteiger partial charge in [-0.05, 0) is 73.3 Å². The normalized spacial score (nSPS) is 10.8. The van der Waals surface area contributed by atoms with E-state index < -0.39 is 0 Å². The number of nitrogens with zero attached hydrogens (tertiary/aromatic N) is 3. The van der Waals surface area contributed by atoms with E-state index in [1.165, 1.54) is 23.1 Å². The molecule has 0 aliphatic rings. The van der Waals surface area contributed by atoms with E-state index in [4.69, 9.17) is 4.98 Å². The van der Waals surface area contributed by atoms with E-state index in [-0.39, 0.29) is 17.4 Å². The highest BCUT2D eigenvalue weighted by atomic mass is 32.2. The summed E-state index contributed by atoms with van der Waals surface area (Å²) in [4.78, 5) is 35.4. The van der Waals surface area contributed by atoms with E-state index in [9.17, 15) is 14.9 Å². The second kappa shape index (κ2) is 12.7. The van der Waals surface area contributed by atoms with Crippen molar-refractivity contribution in [3.05, 3.63) is 112 Å². The van der Waals surface area contributed by atoms with Crippen LogP contribution >= 0.6 is 23.1 Å². The fourth-order valence-corrected chi connectivity index (χ4v) is 6.48. The fraction of sp³-hybridized carbons (Fsp3) is 0.129. The molecule has 0 bridgehead atoms. The lowest BCUT2D eigenvalue weighted by Crippen LogP contribution is -2.26. The van der Waals surface area contributed by atoms with E-state index >= 15 is 0 Å². The van der Waals surface area contributed by atoms with Crippen LogP contribution in [0.2, 0.25) is 0 Å². The van der Waals surface area contributed by atoms with Crippen LogP contribution in [0.5, 0.6) is 0 Å². The summed E-state index contributed by atoms with van der Waals surface area (Å²) in [5, 5.41) is 19.3. The number of thiazole rings is 1. The minimum absolute atomic E-state index is 0.283. The van der Waals surface area contributed by atoms with Gasteiger partial charge in [0.25, 0.3) is 11.8 Å². The van der Waals surface area contributed by atoms with Crippen LogP contribution < -0.4 is 16.0 Å². The van der Waals surface area contributed by atoms with Crippen LogP contribution in [0.3, 0.4) is 0 Å². The molecule has 10 heteroatoms. The van der Waals surface area contributed by atoms with Crippen molar-refractivity contribution >= 4 is 50.8 Å². The number of carbonyl (C=O) groups is 2. The van der Waals surface area contributed by atoms with Crippen molar-refractivity contribution in [2.24, 2.45) is 0 Å². The van der Waals surface area contributed by atoms with Gasteiger partial charge in [0.2, 0.25) is 0 Å². The van der Waals surface area contributed by atoms with E-state index in [2.05, 4.69) is 27.0 Å². The molecule has 0 atom stereocenters. The third-order valence-electron chi connectivity index (χ3n) is 6.20. The van der Waals surface area contributed by atoms with Crippen molar-refractivity contribution in [3.63, 3.8) is 0 Å². The Morgan fingerprint density at radius 3 is 2.39 bits per heavy atom. The summed E-state index contributed by atoms with van der Waals surface area (Å²) >= 11 is 2.82. The summed E-state index contributed by atoms with van der Waals surface area (Å²) < 4.78 is 1.62. The molecule has 0 unspecified atom stereocenters. The molecular formula is C31H26N6O2S2. The van der Waals surface area contributed by atoms with Crippen LogP contribution in [0.15, 0.2) is 88.2 Å². The lowest BCUT2D eigenvalue weighted by molar-refractivity contribution is 0.0938. The summed E-state index contributed by atoms with van der Waals surface area (Å²) in [6.07, 6.45) is 0. The maximum absolute atomic E-state index is 13.2. The van der Waals surface area contributed by atoms with Gasteiger partial charge < -0.3 is 16.0 Å². The molecule has 3 aromatic carbocycles. The second-order valence-corrected chi connectivity index (χ2v) is 11.4. The number of pyridine rings is 1. The molecule has 2 aromatic heterocycles. The topological polar surface area (TPSA) is 120 Å². The first kappa shape index (κ1) is 28.0. The first-order valence-electron chi connectivity index (χ1n) is 12.8. The number of amides is 2. The molecule has 0 spiro atoms. The number of carbonyl (C=O) groups excluding carboxylic acids is 2.